The molecule has 5 nitrogen and oxygen atoms in total. The Morgan fingerprint density at radius 1 is 1.27 bits per heavy atom. The van der Waals surface area contributed by atoms with Gasteiger partial charge in [-0.2, -0.15) is 0 Å². The van der Waals surface area contributed by atoms with E-state index in [4.69, 9.17) is 21.1 Å². The van der Waals surface area contributed by atoms with Crippen molar-refractivity contribution in [3.05, 3.63) is 58.4 Å². The highest BCUT2D eigenvalue weighted by molar-refractivity contribution is 6.33. The molecule has 0 spiro atoms. The lowest BCUT2D eigenvalue weighted by atomic mass is 10.0. The van der Waals surface area contributed by atoms with Crippen LogP contribution in [0.25, 0.3) is 0 Å². The smallest absolute Gasteiger partial charge is 0.255 e. The number of hydrogen-bond donors (Lipinski definition) is 1. The molecular formula is C18H19Cl2FN2O3. The first kappa shape index (κ1) is 20.3. The van der Waals surface area contributed by atoms with E-state index in [2.05, 4.69) is 5.32 Å². The van der Waals surface area contributed by atoms with Gasteiger partial charge in [0.25, 0.3) is 5.91 Å². The maximum Gasteiger partial charge on any atom is 0.255 e. The third-order valence-corrected chi connectivity index (χ3v) is 4.37. The Bertz CT molecular complexity index is 782. The molecule has 0 saturated heterocycles. The molecule has 1 amide bonds. The fourth-order valence-corrected chi connectivity index (χ4v) is 2.96. The van der Waals surface area contributed by atoms with E-state index in [1.165, 1.54) is 18.2 Å². The van der Waals surface area contributed by atoms with Crippen molar-refractivity contribution in [2.24, 2.45) is 0 Å². The lowest BCUT2D eigenvalue weighted by molar-refractivity contribution is 0.0938. The van der Waals surface area contributed by atoms with Gasteiger partial charge in [-0.05, 0) is 43.9 Å². The summed E-state index contributed by atoms with van der Waals surface area (Å²) in [6, 6.07) is 9.68. The zero-order chi connectivity index (χ0) is 18.0. The molecule has 1 atom stereocenters. The van der Waals surface area contributed by atoms with Crippen LogP contribution in [0.2, 0.25) is 5.02 Å². The molecule has 0 radical (unpaired) electrons. The van der Waals surface area contributed by atoms with Crippen LogP contribution in [0.1, 0.15) is 22.0 Å². The van der Waals surface area contributed by atoms with Gasteiger partial charge in [0.2, 0.25) is 6.79 Å². The number of benzene rings is 2. The van der Waals surface area contributed by atoms with Crippen molar-refractivity contribution >= 4 is 29.9 Å². The zero-order valence-corrected chi connectivity index (χ0v) is 15.9. The predicted octanol–water partition coefficient (Wildman–Crippen LogP) is 3.66. The molecule has 0 saturated carbocycles. The van der Waals surface area contributed by atoms with Gasteiger partial charge in [0.05, 0.1) is 16.6 Å². The predicted molar refractivity (Wildman–Crippen MR) is 100.0 cm³/mol. The monoisotopic (exact) mass is 400 g/mol. The molecule has 0 aliphatic carbocycles. The van der Waals surface area contributed by atoms with Crippen molar-refractivity contribution in [3.63, 3.8) is 0 Å². The Hall–Kier alpha value is -2.02. The van der Waals surface area contributed by atoms with E-state index in [0.29, 0.717) is 11.5 Å². The highest BCUT2D eigenvalue weighted by Crippen LogP contribution is 2.35. The van der Waals surface area contributed by atoms with Crippen molar-refractivity contribution in [1.82, 2.24) is 10.2 Å². The first-order valence-corrected chi connectivity index (χ1v) is 8.13. The van der Waals surface area contributed by atoms with Gasteiger partial charge in [0, 0.05) is 6.54 Å². The van der Waals surface area contributed by atoms with Crippen LogP contribution in [-0.4, -0.2) is 38.2 Å². The number of nitrogens with one attached hydrogen (secondary N) is 1. The normalized spacial score (nSPS) is 13.3. The number of fused-ring (bicyclic) bond motifs is 1. The third kappa shape index (κ3) is 4.20. The van der Waals surface area contributed by atoms with Crippen molar-refractivity contribution in [2.75, 3.05) is 27.4 Å². The van der Waals surface area contributed by atoms with Gasteiger partial charge in [0.1, 0.15) is 5.82 Å². The summed E-state index contributed by atoms with van der Waals surface area (Å²) in [6.07, 6.45) is 0. The minimum absolute atomic E-state index is 0. The Labute approximate surface area is 162 Å². The fraction of sp³-hybridized carbons (Fsp3) is 0.278. The van der Waals surface area contributed by atoms with Crippen LogP contribution in [0.4, 0.5) is 4.39 Å². The number of halogens is 3. The van der Waals surface area contributed by atoms with E-state index >= 15 is 0 Å². The summed E-state index contributed by atoms with van der Waals surface area (Å²) in [5.74, 6) is 0.182. The summed E-state index contributed by atoms with van der Waals surface area (Å²) < 4.78 is 24.6. The summed E-state index contributed by atoms with van der Waals surface area (Å²) in [5, 5.41) is 2.84. The molecule has 8 heteroatoms. The van der Waals surface area contributed by atoms with Crippen molar-refractivity contribution in [3.8, 4) is 11.5 Å². The highest BCUT2D eigenvalue weighted by atomic mass is 35.5. The zero-order valence-electron chi connectivity index (χ0n) is 14.3. The number of nitrogens with zero attached hydrogens (tertiary/aromatic N) is 1. The average Bonchev–Trinajstić information content (AvgIpc) is 3.02. The summed E-state index contributed by atoms with van der Waals surface area (Å²) in [6.45, 7) is 0.490. The summed E-state index contributed by atoms with van der Waals surface area (Å²) in [7, 11) is 3.80. The molecule has 1 heterocycles. The number of amides is 1. The second kappa shape index (κ2) is 8.58. The van der Waals surface area contributed by atoms with Crippen LogP contribution < -0.4 is 14.8 Å². The van der Waals surface area contributed by atoms with E-state index < -0.39 is 11.7 Å². The van der Waals surface area contributed by atoms with Crippen LogP contribution in [0.15, 0.2) is 36.4 Å². The molecule has 1 aliphatic heterocycles. The van der Waals surface area contributed by atoms with E-state index in [1.807, 2.05) is 37.2 Å². The van der Waals surface area contributed by atoms with Gasteiger partial charge in [-0.3, -0.25) is 4.79 Å². The summed E-state index contributed by atoms with van der Waals surface area (Å²) in [5.41, 5.74) is 0.807. The van der Waals surface area contributed by atoms with Crippen molar-refractivity contribution < 1.29 is 18.7 Å². The van der Waals surface area contributed by atoms with Crippen LogP contribution in [0, 0.1) is 5.82 Å². The molecular weight excluding hydrogens is 382 g/mol. The molecule has 1 aliphatic rings. The lowest BCUT2D eigenvalue weighted by Crippen LogP contribution is -2.35. The number of carbonyl (C=O) groups excluding carboxylic acids is 1. The van der Waals surface area contributed by atoms with Gasteiger partial charge >= 0.3 is 0 Å². The second-order valence-corrected chi connectivity index (χ2v) is 6.31. The van der Waals surface area contributed by atoms with Crippen LogP contribution in [0.5, 0.6) is 11.5 Å². The fourth-order valence-electron chi connectivity index (χ4n) is 2.71. The Kier molecular flexibility index (Phi) is 6.69. The van der Waals surface area contributed by atoms with Gasteiger partial charge in [-0.25, -0.2) is 4.39 Å². The maximum atomic E-state index is 13.9. The van der Waals surface area contributed by atoms with Crippen LogP contribution in [-0.2, 0) is 0 Å². The van der Waals surface area contributed by atoms with E-state index in [1.54, 1.807) is 0 Å². The lowest BCUT2D eigenvalue weighted by Gasteiger charge is -2.25. The van der Waals surface area contributed by atoms with Crippen molar-refractivity contribution in [1.29, 1.82) is 0 Å². The maximum absolute atomic E-state index is 13.9. The SMILES string of the molecule is CN(C)C(CNC(=O)c1c(F)cccc1Cl)c1ccc2c(c1)OCO2.Cl. The van der Waals surface area contributed by atoms with Gasteiger partial charge in [-0.1, -0.05) is 23.7 Å². The molecule has 2 aromatic rings. The van der Waals surface area contributed by atoms with Gasteiger partial charge in [0.15, 0.2) is 11.5 Å². The Morgan fingerprint density at radius 2 is 2.00 bits per heavy atom. The number of rotatable bonds is 5. The van der Waals surface area contributed by atoms with E-state index in [-0.39, 0.29) is 42.4 Å². The number of hydrogen-bond acceptors (Lipinski definition) is 4. The number of carbonyl (C=O) groups is 1. The van der Waals surface area contributed by atoms with Crippen LogP contribution >= 0.6 is 24.0 Å². The third-order valence-electron chi connectivity index (χ3n) is 4.05. The van der Waals surface area contributed by atoms with E-state index in [0.717, 1.165) is 5.56 Å². The molecule has 26 heavy (non-hydrogen) atoms. The molecule has 3 rings (SSSR count). The van der Waals surface area contributed by atoms with E-state index in [9.17, 15) is 9.18 Å². The van der Waals surface area contributed by atoms with Crippen molar-refractivity contribution in [2.45, 2.75) is 6.04 Å². The quantitative estimate of drug-likeness (QED) is 0.831. The number of likely N-dealkylation sites (N-methyl/N-ethyl adjacent to an activating group) is 1. The minimum atomic E-state index is -0.644. The first-order chi connectivity index (χ1) is 12.0. The standard InChI is InChI=1S/C18H18ClFN2O3.ClH/c1-22(2)14(11-6-7-15-16(8-11)25-10-24-15)9-21-18(23)17-12(19)4-3-5-13(17)20;/h3-8,14H,9-10H2,1-2H3,(H,21,23);1H. The Balaban J connectivity index is 0.00000243. The summed E-state index contributed by atoms with van der Waals surface area (Å²) in [4.78, 5) is 14.3. The second-order valence-electron chi connectivity index (χ2n) is 5.90. The van der Waals surface area contributed by atoms with Gasteiger partial charge < -0.3 is 19.7 Å². The minimum Gasteiger partial charge on any atom is -0.454 e. The Morgan fingerprint density at radius 3 is 2.69 bits per heavy atom. The molecule has 0 aromatic heterocycles. The molecule has 140 valence electrons. The molecule has 1 unspecified atom stereocenters. The number of ether oxygens (including phenoxy) is 2. The highest BCUT2D eigenvalue weighted by Gasteiger charge is 2.22. The van der Waals surface area contributed by atoms with Gasteiger partial charge in [-0.15, -0.1) is 12.4 Å². The topological polar surface area (TPSA) is 50.8 Å². The largest absolute Gasteiger partial charge is 0.454 e. The summed E-state index contributed by atoms with van der Waals surface area (Å²) >= 11 is 5.94. The molecule has 2 aromatic carbocycles. The van der Waals surface area contributed by atoms with Crippen LogP contribution in [0.3, 0.4) is 0 Å². The first-order valence-electron chi connectivity index (χ1n) is 7.75. The molecule has 1 N–H and O–H groups in total. The average molecular weight is 401 g/mol. The molecule has 0 bridgehead atoms. The molecule has 0 fully saturated rings.